The number of nitrogens with zero attached hydrogens (tertiary/aromatic N) is 2. The quantitative estimate of drug-likeness (QED) is 0.723. The normalized spacial score (nSPS) is 15.7. The molecule has 2 aromatic rings. The number of pyridine rings is 1. The highest BCUT2D eigenvalue weighted by molar-refractivity contribution is 5.59. The van der Waals surface area contributed by atoms with E-state index in [4.69, 9.17) is 4.52 Å². The van der Waals surface area contributed by atoms with Crippen LogP contribution in [0.2, 0.25) is 0 Å². The second-order valence-corrected chi connectivity index (χ2v) is 3.60. The van der Waals surface area contributed by atoms with Gasteiger partial charge in [-0.05, 0) is 30.4 Å². The summed E-state index contributed by atoms with van der Waals surface area (Å²) in [6, 6.07) is 5.97. The molecule has 3 rings (SSSR count). The fourth-order valence-electron chi connectivity index (χ4n) is 1.69. The molecule has 0 N–H and O–H groups in total. The van der Waals surface area contributed by atoms with Gasteiger partial charge in [-0.1, -0.05) is 11.2 Å². The summed E-state index contributed by atoms with van der Waals surface area (Å²) in [7, 11) is 0. The maximum atomic E-state index is 4.83. The first kappa shape index (κ1) is 7.74. The molecule has 2 heterocycles. The topological polar surface area (TPSA) is 38.9 Å². The zero-order chi connectivity index (χ0) is 9.38. The Hall–Kier alpha value is -1.64. The first-order chi connectivity index (χ1) is 6.95. The molecule has 3 heteroatoms. The molecule has 0 unspecified atom stereocenters. The Kier molecular flexibility index (Phi) is 1.63. The van der Waals surface area contributed by atoms with E-state index in [9.17, 15) is 0 Å². The molecule has 0 radical (unpaired) electrons. The highest BCUT2D eigenvalue weighted by atomic mass is 16.5. The standard InChI is InChI=1S/C11H10N2O/c1-2-9(8-3-4-8)11(12-6-1)10-5-7-14-13-10/h1-2,5-8H,3-4H2. The molecule has 0 aliphatic heterocycles. The molecule has 1 aliphatic carbocycles. The van der Waals surface area contributed by atoms with Crippen LogP contribution in [0.5, 0.6) is 0 Å². The molecule has 14 heavy (non-hydrogen) atoms. The van der Waals surface area contributed by atoms with Crippen molar-refractivity contribution in [1.29, 1.82) is 0 Å². The van der Waals surface area contributed by atoms with Crippen LogP contribution >= 0.6 is 0 Å². The van der Waals surface area contributed by atoms with Gasteiger partial charge >= 0.3 is 0 Å². The van der Waals surface area contributed by atoms with Gasteiger partial charge in [0.2, 0.25) is 0 Å². The Morgan fingerprint density at radius 3 is 2.93 bits per heavy atom. The van der Waals surface area contributed by atoms with E-state index in [1.165, 1.54) is 18.4 Å². The Bertz CT molecular complexity index is 432. The summed E-state index contributed by atoms with van der Waals surface area (Å²) in [6.07, 6.45) is 5.93. The van der Waals surface area contributed by atoms with E-state index in [0.29, 0.717) is 5.92 Å². The number of aromatic nitrogens is 2. The lowest BCUT2D eigenvalue weighted by atomic mass is 10.1. The van der Waals surface area contributed by atoms with Crippen molar-refractivity contribution < 1.29 is 4.52 Å². The minimum absolute atomic E-state index is 0.690. The van der Waals surface area contributed by atoms with Gasteiger partial charge in [0.15, 0.2) is 0 Å². The molecule has 1 saturated carbocycles. The van der Waals surface area contributed by atoms with Crippen molar-refractivity contribution in [2.24, 2.45) is 0 Å². The summed E-state index contributed by atoms with van der Waals surface area (Å²) in [5, 5.41) is 3.92. The Morgan fingerprint density at radius 1 is 1.29 bits per heavy atom. The molecule has 0 atom stereocenters. The monoisotopic (exact) mass is 186 g/mol. The molecule has 0 spiro atoms. The fourth-order valence-corrected chi connectivity index (χ4v) is 1.69. The average molecular weight is 186 g/mol. The molecule has 0 bridgehead atoms. The molecular formula is C11H10N2O. The Morgan fingerprint density at radius 2 is 2.21 bits per heavy atom. The van der Waals surface area contributed by atoms with Crippen molar-refractivity contribution in [3.05, 3.63) is 36.2 Å². The predicted octanol–water partition coefficient (Wildman–Crippen LogP) is 2.61. The van der Waals surface area contributed by atoms with Gasteiger partial charge in [0.1, 0.15) is 12.0 Å². The van der Waals surface area contributed by atoms with Crippen LogP contribution in [0.4, 0.5) is 0 Å². The summed E-state index contributed by atoms with van der Waals surface area (Å²) < 4.78 is 4.83. The van der Waals surface area contributed by atoms with Gasteiger partial charge in [0.25, 0.3) is 0 Å². The third-order valence-electron chi connectivity index (χ3n) is 2.54. The molecule has 0 saturated heterocycles. The van der Waals surface area contributed by atoms with E-state index in [2.05, 4.69) is 16.2 Å². The van der Waals surface area contributed by atoms with Crippen molar-refractivity contribution in [1.82, 2.24) is 10.1 Å². The van der Waals surface area contributed by atoms with Gasteiger partial charge in [-0.15, -0.1) is 0 Å². The molecular weight excluding hydrogens is 176 g/mol. The van der Waals surface area contributed by atoms with Crippen LogP contribution in [0, 0.1) is 0 Å². The number of hydrogen-bond donors (Lipinski definition) is 0. The third kappa shape index (κ3) is 1.21. The second kappa shape index (κ2) is 2.94. The summed E-state index contributed by atoms with van der Waals surface area (Å²) in [6.45, 7) is 0. The van der Waals surface area contributed by atoms with Gasteiger partial charge in [-0.25, -0.2) is 0 Å². The van der Waals surface area contributed by atoms with Gasteiger partial charge in [0.05, 0.1) is 5.69 Å². The zero-order valence-electron chi connectivity index (χ0n) is 7.68. The van der Waals surface area contributed by atoms with E-state index in [1.807, 2.05) is 12.1 Å². The summed E-state index contributed by atoms with van der Waals surface area (Å²) in [5.74, 6) is 0.690. The van der Waals surface area contributed by atoms with Crippen molar-refractivity contribution in [2.45, 2.75) is 18.8 Å². The Labute approximate surface area is 81.8 Å². The van der Waals surface area contributed by atoms with Crippen molar-refractivity contribution in [2.75, 3.05) is 0 Å². The fraction of sp³-hybridized carbons (Fsp3) is 0.273. The zero-order valence-corrected chi connectivity index (χ0v) is 7.68. The second-order valence-electron chi connectivity index (χ2n) is 3.60. The largest absolute Gasteiger partial charge is 0.364 e. The van der Waals surface area contributed by atoms with Gasteiger partial charge < -0.3 is 4.52 Å². The molecule has 70 valence electrons. The lowest BCUT2D eigenvalue weighted by Gasteiger charge is -2.02. The van der Waals surface area contributed by atoms with E-state index < -0.39 is 0 Å². The van der Waals surface area contributed by atoms with Crippen LogP contribution in [-0.2, 0) is 0 Å². The summed E-state index contributed by atoms with van der Waals surface area (Å²) >= 11 is 0. The number of rotatable bonds is 2. The summed E-state index contributed by atoms with van der Waals surface area (Å²) in [4.78, 5) is 4.36. The first-order valence-electron chi connectivity index (χ1n) is 4.81. The minimum atomic E-state index is 0.690. The predicted molar refractivity (Wildman–Crippen MR) is 51.7 cm³/mol. The highest BCUT2D eigenvalue weighted by Gasteiger charge is 2.27. The molecule has 2 aromatic heterocycles. The van der Waals surface area contributed by atoms with Gasteiger partial charge in [0, 0.05) is 12.3 Å². The highest BCUT2D eigenvalue weighted by Crippen LogP contribution is 2.43. The van der Waals surface area contributed by atoms with Crippen LogP contribution in [0.1, 0.15) is 24.3 Å². The summed E-state index contributed by atoms with van der Waals surface area (Å²) in [5.41, 5.74) is 3.12. The average Bonchev–Trinajstić information content (AvgIpc) is 2.94. The van der Waals surface area contributed by atoms with Crippen LogP contribution in [0.15, 0.2) is 35.2 Å². The van der Waals surface area contributed by atoms with E-state index in [-0.39, 0.29) is 0 Å². The van der Waals surface area contributed by atoms with Gasteiger partial charge in [-0.2, -0.15) is 0 Å². The molecule has 1 fully saturated rings. The van der Waals surface area contributed by atoms with Crippen LogP contribution in [0.25, 0.3) is 11.4 Å². The smallest absolute Gasteiger partial charge is 0.132 e. The SMILES string of the molecule is c1cnc(-c2ccon2)c(C2CC2)c1. The van der Waals surface area contributed by atoms with E-state index in [1.54, 1.807) is 12.5 Å². The van der Waals surface area contributed by atoms with Crippen LogP contribution in [0.3, 0.4) is 0 Å². The van der Waals surface area contributed by atoms with Crippen LogP contribution < -0.4 is 0 Å². The van der Waals surface area contributed by atoms with E-state index >= 15 is 0 Å². The van der Waals surface area contributed by atoms with Crippen molar-refractivity contribution in [3.63, 3.8) is 0 Å². The first-order valence-corrected chi connectivity index (χ1v) is 4.81. The van der Waals surface area contributed by atoms with Gasteiger partial charge in [-0.3, -0.25) is 4.98 Å². The lowest BCUT2D eigenvalue weighted by Crippen LogP contribution is -1.90. The maximum Gasteiger partial charge on any atom is 0.132 e. The van der Waals surface area contributed by atoms with Crippen molar-refractivity contribution >= 4 is 0 Å². The minimum Gasteiger partial charge on any atom is -0.364 e. The van der Waals surface area contributed by atoms with Crippen molar-refractivity contribution in [3.8, 4) is 11.4 Å². The third-order valence-corrected chi connectivity index (χ3v) is 2.54. The molecule has 0 aromatic carbocycles. The number of hydrogen-bond acceptors (Lipinski definition) is 3. The Balaban J connectivity index is 2.12. The molecule has 0 amide bonds. The maximum absolute atomic E-state index is 4.83. The van der Waals surface area contributed by atoms with E-state index in [0.717, 1.165) is 11.4 Å². The molecule has 1 aliphatic rings. The molecule has 3 nitrogen and oxygen atoms in total. The van der Waals surface area contributed by atoms with Crippen LogP contribution in [-0.4, -0.2) is 10.1 Å². The lowest BCUT2D eigenvalue weighted by molar-refractivity contribution is 0.422.